The first-order valence-electron chi connectivity index (χ1n) is 3.11. The fourth-order valence-electron chi connectivity index (χ4n) is 0.537. The van der Waals surface area contributed by atoms with E-state index in [0.29, 0.717) is 0 Å². The van der Waals surface area contributed by atoms with Crippen molar-refractivity contribution in [3.63, 3.8) is 0 Å². The Bertz CT molecular complexity index is 113. The van der Waals surface area contributed by atoms with Crippen LogP contribution in [0, 0.1) is 0 Å². The van der Waals surface area contributed by atoms with Gasteiger partial charge in [-0.25, -0.2) is 4.98 Å². The van der Waals surface area contributed by atoms with Crippen LogP contribution in [-0.4, -0.2) is 24.9 Å². The second-order valence-corrected chi connectivity index (χ2v) is 1.73. The molecule has 0 unspecified atom stereocenters. The summed E-state index contributed by atoms with van der Waals surface area (Å²) in [5.41, 5.74) is 0. The first-order valence-corrected chi connectivity index (χ1v) is 3.11. The molecule has 0 bridgehead atoms. The SMILES string of the molecule is C1COCN1.c1cocn1. The molecule has 56 valence electrons. The van der Waals surface area contributed by atoms with E-state index in [0.717, 1.165) is 19.9 Å². The van der Waals surface area contributed by atoms with Crippen molar-refractivity contribution in [1.82, 2.24) is 10.3 Å². The summed E-state index contributed by atoms with van der Waals surface area (Å²) in [4.78, 5) is 3.56. The summed E-state index contributed by atoms with van der Waals surface area (Å²) in [6.45, 7) is 2.67. The highest BCUT2D eigenvalue weighted by atomic mass is 16.5. The summed E-state index contributed by atoms with van der Waals surface area (Å²) in [5.74, 6) is 0. The maximum absolute atomic E-state index is 4.83. The van der Waals surface area contributed by atoms with Crippen LogP contribution in [0.3, 0.4) is 0 Å². The van der Waals surface area contributed by atoms with E-state index in [-0.39, 0.29) is 0 Å². The van der Waals surface area contributed by atoms with Gasteiger partial charge in [-0.3, -0.25) is 5.32 Å². The lowest BCUT2D eigenvalue weighted by Crippen LogP contribution is -2.05. The molecule has 0 amide bonds. The van der Waals surface area contributed by atoms with Crippen LogP contribution in [0.5, 0.6) is 0 Å². The lowest BCUT2D eigenvalue weighted by Gasteiger charge is -1.76. The van der Waals surface area contributed by atoms with E-state index in [1.54, 1.807) is 6.20 Å². The Morgan fingerprint density at radius 1 is 1.50 bits per heavy atom. The summed E-state index contributed by atoms with van der Waals surface area (Å²) in [7, 11) is 0. The molecule has 2 rings (SSSR count). The number of nitrogens with zero attached hydrogens (tertiary/aromatic N) is 1. The molecule has 0 aromatic carbocycles. The third kappa shape index (κ3) is 3.21. The van der Waals surface area contributed by atoms with Gasteiger partial charge in [0.25, 0.3) is 0 Å². The monoisotopic (exact) mass is 142 g/mol. The summed E-state index contributed by atoms with van der Waals surface area (Å²) >= 11 is 0. The van der Waals surface area contributed by atoms with Gasteiger partial charge in [0, 0.05) is 6.54 Å². The predicted octanol–water partition coefficient (Wildman–Crippen LogP) is 0.238. The summed E-state index contributed by atoms with van der Waals surface area (Å²) in [6, 6.07) is 0. The predicted molar refractivity (Wildman–Crippen MR) is 35.3 cm³/mol. The van der Waals surface area contributed by atoms with Crippen molar-refractivity contribution in [3.8, 4) is 0 Å². The van der Waals surface area contributed by atoms with Crippen molar-refractivity contribution in [2.24, 2.45) is 0 Å². The zero-order valence-electron chi connectivity index (χ0n) is 5.62. The summed E-state index contributed by atoms with van der Waals surface area (Å²) in [5, 5.41) is 3.00. The smallest absolute Gasteiger partial charge is 0.180 e. The van der Waals surface area contributed by atoms with Gasteiger partial charge >= 0.3 is 0 Å². The van der Waals surface area contributed by atoms with Crippen LogP contribution >= 0.6 is 0 Å². The van der Waals surface area contributed by atoms with Gasteiger partial charge in [-0.1, -0.05) is 0 Å². The van der Waals surface area contributed by atoms with E-state index in [4.69, 9.17) is 4.74 Å². The topological polar surface area (TPSA) is 47.3 Å². The highest BCUT2D eigenvalue weighted by Gasteiger charge is 1.92. The second-order valence-electron chi connectivity index (χ2n) is 1.73. The van der Waals surface area contributed by atoms with Crippen LogP contribution in [0.15, 0.2) is 23.3 Å². The molecular formula is C6H10N2O2. The Balaban J connectivity index is 0.0000001000. The highest BCUT2D eigenvalue weighted by Crippen LogP contribution is 1.75. The zero-order valence-corrected chi connectivity index (χ0v) is 5.62. The van der Waals surface area contributed by atoms with Gasteiger partial charge < -0.3 is 9.15 Å². The Morgan fingerprint density at radius 3 is 2.70 bits per heavy atom. The van der Waals surface area contributed by atoms with Crippen LogP contribution in [0.4, 0.5) is 0 Å². The second kappa shape index (κ2) is 4.96. The molecule has 1 N–H and O–H groups in total. The standard InChI is InChI=1S/C3H7NO.C3H3NO/c2*1-2-5-3-4-1/h4H,1-3H2;1-3H. The molecule has 1 aromatic rings. The third-order valence-electron chi connectivity index (χ3n) is 0.975. The van der Waals surface area contributed by atoms with Crippen LogP contribution in [0.25, 0.3) is 0 Å². The molecule has 1 aliphatic rings. The number of ether oxygens (including phenoxy) is 1. The molecule has 1 aromatic heterocycles. The minimum Gasteiger partial charge on any atom is -0.452 e. The quantitative estimate of drug-likeness (QED) is 0.563. The zero-order chi connectivity index (χ0) is 7.07. The molecular weight excluding hydrogens is 132 g/mol. The number of oxazole rings is 1. The molecule has 0 radical (unpaired) electrons. The molecule has 1 saturated heterocycles. The summed E-state index contributed by atoms with van der Waals surface area (Å²) in [6.07, 6.45) is 4.47. The van der Waals surface area contributed by atoms with Crippen molar-refractivity contribution >= 4 is 0 Å². The fraction of sp³-hybridized carbons (Fsp3) is 0.500. The van der Waals surface area contributed by atoms with Gasteiger partial charge in [-0.05, 0) is 0 Å². The Morgan fingerprint density at radius 2 is 2.50 bits per heavy atom. The van der Waals surface area contributed by atoms with Crippen molar-refractivity contribution < 1.29 is 9.15 Å². The van der Waals surface area contributed by atoms with E-state index in [1.165, 1.54) is 12.7 Å². The maximum Gasteiger partial charge on any atom is 0.180 e. The van der Waals surface area contributed by atoms with Gasteiger partial charge in [0.1, 0.15) is 6.26 Å². The minimum atomic E-state index is 0.750. The van der Waals surface area contributed by atoms with E-state index in [9.17, 15) is 0 Å². The Labute approximate surface area is 59.2 Å². The normalized spacial score (nSPS) is 16.0. The van der Waals surface area contributed by atoms with Crippen LogP contribution < -0.4 is 5.32 Å². The highest BCUT2D eigenvalue weighted by molar-refractivity contribution is 4.56. The third-order valence-corrected chi connectivity index (χ3v) is 0.975. The Hall–Kier alpha value is -0.870. The van der Waals surface area contributed by atoms with Gasteiger partial charge in [0.2, 0.25) is 0 Å². The first kappa shape index (κ1) is 7.24. The van der Waals surface area contributed by atoms with E-state index in [2.05, 4.69) is 14.7 Å². The lowest BCUT2D eigenvalue weighted by atomic mass is 10.7. The van der Waals surface area contributed by atoms with E-state index >= 15 is 0 Å². The minimum absolute atomic E-state index is 0.750. The van der Waals surface area contributed by atoms with Crippen LogP contribution in [0.1, 0.15) is 0 Å². The van der Waals surface area contributed by atoms with Gasteiger partial charge in [-0.15, -0.1) is 0 Å². The number of nitrogens with one attached hydrogen (secondary N) is 1. The number of hydrogen-bond acceptors (Lipinski definition) is 4. The lowest BCUT2D eigenvalue weighted by molar-refractivity contribution is 0.194. The molecule has 1 fully saturated rings. The van der Waals surface area contributed by atoms with E-state index < -0.39 is 0 Å². The molecule has 4 heteroatoms. The molecule has 0 saturated carbocycles. The van der Waals surface area contributed by atoms with Crippen LogP contribution in [0.2, 0.25) is 0 Å². The van der Waals surface area contributed by atoms with Crippen molar-refractivity contribution in [2.75, 3.05) is 19.9 Å². The fourth-order valence-corrected chi connectivity index (χ4v) is 0.537. The van der Waals surface area contributed by atoms with Crippen LogP contribution in [-0.2, 0) is 4.74 Å². The Kier molecular flexibility index (Phi) is 3.59. The van der Waals surface area contributed by atoms with Gasteiger partial charge in [0.15, 0.2) is 6.39 Å². The van der Waals surface area contributed by atoms with Crippen molar-refractivity contribution in [1.29, 1.82) is 0 Å². The maximum atomic E-state index is 4.83. The number of rotatable bonds is 0. The molecule has 0 aliphatic carbocycles. The van der Waals surface area contributed by atoms with Crippen molar-refractivity contribution in [2.45, 2.75) is 0 Å². The van der Waals surface area contributed by atoms with E-state index in [1.807, 2.05) is 0 Å². The molecule has 0 atom stereocenters. The molecule has 0 spiro atoms. The number of hydrogen-bond donors (Lipinski definition) is 1. The average molecular weight is 142 g/mol. The molecule has 2 heterocycles. The molecule has 10 heavy (non-hydrogen) atoms. The van der Waals surface area contributed by atoms with Gasteiger partial charge in [-0.2, -0.15) is 0 Å². The number of aromatic nitrogens is 1. The molecule has 4 nitrogen and oxygen atoms in total. The largest absolute Gasteiger partial charge is 0.452 e. The average Bonchev–Trinajstić information content (AvgIpc) is 2.67. The first-order chi connectivity index (χ1) is 5.00. The molecule has 1 aliphatic heterocycles. The van der Waals surface area contributed by atoms with Crippen molar-refractivity contribution in [3.05, 3.63) is 18.9 Å². The van der Waals surface area contributed by atoms with Gasteiger partial charge in [0.05, 0.1) is 19.5 Å². The summed E-state index contributed by atoms with van der Waals surface area (Å²) < 4.78 is 9.31.